The van der Waals surface area contributed by atoms with Crippen LogP contribution in [-0.2, 0) is 16.4 Å². The first-order chi connectivity index (χ1) is 9.37. The smallest absolute Gasteiger partial charge is 0.211 e. The third kappa shape index (κ3) is 3.59. The molecule has 0 aliphatic heterocycles. The van der Waals surface area contributed by atoms with Crippen molar-refractivity contribution < 1.29 is 8.42 Å². The maximum Gasteiger partial charge on any atom is 0.240 e. The summed E-state index contributed by atoms with van der Waals surface area (Å²) in [6.07, 6.45) is 1.38. The summed E-state index contributed by atoms with van der Waals surface area (Å²) >= 11 is 0. The Bertz CT molecular complexity index is 613. The monoisotopic (exact) mass is 294 g/mol. The molecule has 0 unspecified atom stereocenters. The fourth-order valence-electron chi connectivity index (χ4n) is 2.12. The molecule has 1 N–H and O–H groups in total. The van der Waals surface area contributed by atoms with E-state index in [-0.39, 0.29) is 10.8 Å². The molecular weight excluding hydrogens is 272 g/mol. The second-order valence-corrected chi connectivity index (χ2v) is 6.80. The first-order valence-corrected chi connectivity index (χ1v) is 8.42. The summed E-state index contributed by atoms with van der Waals surface area (Å²) in [6.45, 7) is 8.02. The van der Waals surface area contributed by atoms with Crippen LogP contribution in [0.1, 0.15) is 56.7 Å². The van der Waals surface area contributed by atoms with Gasteiger partial charge in [-0.1, -0.05) is 34.1 Å². The zero-order chi connectivity index (χ0) is 15.3. The third-order valence-corrected chi connectivity index (χ3v) is 4.75. The molecule has 0 aromatic heterocycles. The average Bonchev–Trinajstić information content (AvgIpc) is 2.38. The van der Waals surface area contributed by atoms with Gasteiger partial charge in [0.2, 0.25) is 10.0 Å². The lowest BCUT2D eigenvalue weighted by Gasteiger charge is -2.15. The maximum atomic E-state index is 12.4. The van der Waals surface area contributed by atoms with Gasteiger partial charge in [-0.3, -0.25) is 0 Å². The normalized spacial score (nSPS) is 11.6. The number of benzene rings is 1. The molecule has 0 atom stereocenters. The van der Waals surface area contributed by atoms with Gasteiger partial charge in [-0.25, -0.2) is 13.1 Å². The fourth-order valence-corrected chi connectivity index (χ4v) is 3.48. The van der Waals surface area contributed by atoms with Crippen molar-refractivity contribution in [1.82, 2.24) is 4.72 Å². The number of nitrogens with zero attached hydrogens (tertiary/aromatic N) is 1. The summed E-state index contributed by atoms with van der Waals surface area (Å²) in [7, 11) is -3.55. The molecule has 0 spiro atoms. The highest BCUT2D eigenvalue weighted by molar-refractivity contribution is 7.89. The standard InChI is InChI=1S/C15H22N2O2S/c1-5-7-14-13(10-16)8-12(11(3)4)9-15(14)20(18,19)17-6-2/h8-9,11,17H,5-7H2,1-4H3. The Morgan fingerprint density at radius 3 is 2.40 bits per heavy atom. The second kappa shape index (κ2) is 6.87. The first-order valence-electron chi connectivity index (χ1n) is 6.93. The SMILES string of the molecule is CCCc1c(C#N)cc(C(C)C)cc1S(=O)(=O)NCC. The van der Waals surface area contributed by atoms with Gasteiger partial charge in [0.05, 0.1) is 16.5 Å². The molecule has 0 fully saturated rings. The van der Waals surface area contributed by atoms with Crippen LogP contribution < -0.4 is 4.72 Å². The maximum absolute atomic E-state index is 12.4. The summed E-state index contributed by atoms with van der Waals surface area (Å²) < 4.78 is 27.2. The van der Waals surface area contributed by atoms with E-state index < -0.39 is 10.0 Å². The van der Waals surface area contributed by atoms with E-state index >= 15 is 0 Å². The van der Waals surface area contributed by atoms with Crippen molar-refractivity contribution in [2.45, 2.75) is 51.3 Å². The highest BCUT2D eigenvalue weighted by Gasteiger charge is 2.21. The van der Waals surface area contributed by atoms with E-state index in [1.54, 1.807) is 19.1 Å². The van der Waals surface area contributed by atoms with Crippen LogP contribution >= 0.6 is 0 Å². The Hall–Kier alpha value is -1.38. The van der Waals surface area contributed by atoms with Crippen molar-refractivity contribution in [1.29, 1.82) is 5.26 Å². The third-order valence-electron chi connectivity index (χ3n) is 3.14. The van der Waals surface area contributed by atoms with Crippen LogP contribution in [0.5, 0.6) is 0 Å². The molecule has 0 saturated heterocycles. The van der Waals surface area contributed by atoms with Crippen LogP contribution in [0.2, 0.25) is 0 Å². The number of nitriles is 1. The number of rotatable bonds is 6. The van der Waals surface area contributed by atoms with Gasteiger partial charge in [0.15, 0.2) is 0 Å². The molecule has 5 heteroatoms. The van der Waals surface area contributed by atoms with Crippen molar-refractivity contribution >= 4 is 10.0 Å². The van der Waals surface area contributed by atoms with Crippen LogP contribution in [0.15, 0.2) is 17.0 Å². The minimum absolute atomic E-state index is 0.174. The molecule has 0 saturated carbocycles. The van der Waals surface area contributed by atoms with Gasteiger partial charge in [-0.05, 0) is 35.6 Å². The van der Waals surface area contributed by atoms with Crippen LogP contribution in [-0.4, -0.2) is 15.0 Å². The van der Waals surface area contributed by atoms with Crippen molar-refractivity contribution in [3.05, 3.63) is 28.8 Å². The Labute approximate surface area is 121 Å². The van der Waals surface area contributed by atoms with Gasteiger partial charge < -0.3 is 0 Å². The quantitative estimate of drug-likeness (QED) is 0.877. The lowest BCUT2D eigenvalue weighted by Crippen LogP contribution is -2.25. The average molecular weight is 294 g/mol. The Kier molecular flexibility index (Phi) is 5.73. The molecule has 1 aromatic carbocycles. The summed E-state index contributed by atoms with van der Waals surface area (Å²) in [5, 5.41) is 9.31. The second-order valence-electron chi connectivity index (χ2n) is 5.06. The Morgan fingerprint density at radius 2 is 1.95 bits per heavy atom. The highest BCUT2D eigenvalue weighted by Crippen LogP contribution is 2.27. The van der Waals surface area contributed by atoms with E-state index in [1.165, 1.54) is 0 Å². The topological polar surface area (TPSA) is 70.0 Å². The predicted octanol–water partition coefficient (Wildman–Crippen LogP) is 2.93. The molecule has 0 radical (unpaired) electrons. The Morgan fingerprint density at radius 1 is 1.30 bits per heavy atom. The Balaban J connectivity index is 3.61. The molecule has 20 heavy (non-hydrogen) atoms. The molecule has 1 rings (SSSR count). The number of hydrogen-bond donors (Lipinski definition) is 1. The number of nitrogens with one attached hydrogen (secondary N) is 1. The lowest BCUT2D eigenvalue weighted by molar-refractivity contribution is 0.582. The predicted molar refractivity (Wildman–Crippen MR) is 80.1 cm³/mol. The van der Waals surface area contributed by atoms with Crippen molar-refractivity contribution in [2.24, 2.45) is 0 Å². The summed E-state index contributed by atoms with van der Waals surface area (Å²) in [4.78, 5) is 0.254. The van der Waals surface area contributed by atoms with Gasteiger partial charge in [0, 0.05) is 6.54 Å². The minimum atomic E-state index is -3.55. The zero-order valence-corrected chi connectivity index (χ0v) is 13.3. The highest BCUT2D eigenvalue weighted by atomic mass is 32.2. The van der Waals surface area contributed by atoms with Crippen molar-refractivity contribution in [3.8, 4) is 6.07 Å². The zero-order valence-electron chi connectivity index (χ0n) is 12.5. The van der Waals surface area contributed by atoms with Gasteiger partial charge in [0.1, 0.15) is 0 Å². The van der Waals surface area contributed by atoms with E-state index in [4.69, 9.17) is 0 Å². The molecule has 110 valence electrons. The van der Waals surface area contributed by atoms with Gasteiger partial charge >= 0.3 is 0 Å². The van der Waals surface area contributed by atoms with Crippen molar-refractivity contribution in [2.75, 3.05) is 6.54 Å². The van der Waals surface area contributed by atoms with E-state index in [2.05, 4.69) is 10.8 Å². The van der Waals surface area contributed by atoms with Crippen LogP contribution in [0.3, 0.4) is 0 Å². The van der Waals surface area contributed by atoms with Crippen LogP contribution in [0.4, 0.5) is 0 Å². The summed E-state index contributed by atoms with van der Waals surface area (Å²) in [5.41, 5.74) is 1.97. The number of sulfonamides is 1. The lowest BCUT2D eigenvalue weighted by atomic mass is 9.96. The molecule has 4 nitrogen and oxygen atoms in total. The summed E-state index contributed by atoms with van der Waals surface area (Å²) in [6, 6.07) is 5.65. The largest absolute Gasteiger partial charge is 0.240 e. The molecule has 0 aliphatic carbocycles. The van der Waals surface area contributed by atoms with Gasteiger partial charge in [-0.15, -0.1) is 0 Å². The van der Waals surface area contributed by atoms with Crippen LogP contribution in [0.25, 0.3) is 0 Å². The van der Waals surface area contributed by atoms with E-state index in [0.29, 0.717) is 24.1 Å². The van der Waals surface area contributed by atoms with Crippen molar-refractivity contribution in [3.63, 3.8) is 0 Å². The van der Waals surface area contributed by atoms with Gasteiger partial charge in [-0.2, -0.15) is 5.26 Å². The molecule has 0 bridgehead atoms. The van der Waals surface area contributed by atoms with E-state index in [1.807, 2.05) is 20.8 Å². The number of hydrogen-bond acceptors (Lipinski definition) is 3. The van der Waals surface area contributed by atoms with Crippen LogP contribution in [0, 0.1) is 11.3 Å². The molecule has 0 heterocycles. The van der Waals surface area contributed by atoms with Gasteiger partial charge in [0.25, 0.3) is 0 Å². The summed E-state index contributed by atoms with van der Waals surface area (Å²) in [5.74, 6) is 0.174. The van der Waals surface area contributed by atoms with E-state index in [0.717, 1.165) is 12.0 Å². The first kappa shape index (κ1) is 16.7. The minimum Gasteiger partial charge on any atom is -0.211 e. The molecule has 1 aromatic rings. The fraction of sp³-hybridized carbons (Fsp3) is 0.533. The molecular formula is C15H22N2O2S. The molecule has 0 aliphatic rings. The van der Waals surface area contributed by atoms with E-state index in [9.17, 15) is 13.7 Å². The molecule has 0 amide bonds.